The van der Waals surface area contributed by atoms with Crippen LogP contribution in [0.3, 0.4) is 0 Å². The number of methoxy groups -OCH3 is 1. The van der Waals surface area contributed by atoms with Gasteiger partial charge in [-0.1, -0.05) is 5.10 Å². The highest BCUT2D eigenvalue weighted by atomic mass is 16.5. The average molecular weight is 261 g/mol. The van der Waals surface area contributed by atoms with Crippen LogP contribution in [0.15, 0.2) is 34.1 Å². The van der Waals surface area contributed by atoms with Crippen molar-refractivity contribution >= 4 is 11.9 Å². The Labute approximate surface area is 108 Å². The number of carbonyl (C=O) groups excluding carboxylic acids is 1. The summed E-state index contributed by atoms with van der Waals surface area (Å²) in [6.07, 6.45) is 1.53. The van der Waals surface area contributed by atoms with Gasteiger partial charge in [-0.05, 0) is 29.5 Å². The van der Waals surface area contributed by atoms with Crippen molar-refractivity contribution in [1.82, 2.24) is 20.2 Å². The van der Waals surface area contributed by atoms with E-state index in [0.29, 0.717) is 23.0 Å². The first-order valence-corrected chi connectivity index (χ1v) is 5.59. The third-order valence-electron chi connectivity index (χ3n) is 2.93. The lowest BCUT2D eigenvalue weighted by molar-refractivity contribution is -0.136. The molecule has 8 nitrogen and oxygen atoms in total. The zero-order chi connectivity index (χ0) is 13.4. The van der Waals surface area contributed by atoms with E-state index < -0.39 is 12.0 Å². The molecule has 0 radical (unpaired) electrons. The summed E-state index contributed by atoms with van der Waals surface area (Å²) in [5.41, 5.74) is 1.05. The van der Waals surface area contributed by atoms with Crippen molar-refractivity contribution in [3.8, 4) is 0 Å². The molecule has 1 aliphatic heterocycles. The number of nitrogens with zero attached hydrogens (tertiary/aromatic N) is 4. The minimum atomic E-state index is -0.534. The van der Waals surface area contributed by atoms with Crippen molar-refractivity contribution in [2.24, 2.45) is 0 Å². The average Bonchev–Trinajstić information content (AvgIpc) is 3.06. The summed E-state index contributed by atoms with van der Waals surface area (Å²) in [5.74, 6) is 0.564. The second-order valence-corrected chi connectivity index (χ2v) is 4.02. The lowest BCUT2D eigenvalue weighted by Gasteiger charge is -2.25. The van der Waals surface area contributed by atoms with Gasteiger partial charge in [0.1, 0.15) is 11.8 Å². The van der Waals surface area contributed by atoms with Gasteiger partial charge in [-0.25, -0.2) is 4.79 Å². The molecule has 3 rings (SSSR count). The zero-order valence-corrected chi connectivity index (χ0v) is 10.3. The van der Waals surface area contributed by atoms with Crippen LogP contribution in [-0.4, -0.2) is 33.3 Å². The van der Waals surface area contributed by atoms with Crippen molar-refractivity contribution in [2.45, 2.75) is 13.0 Å². The number of anilines is 1. The Kier molecular flexibility index (Phi) is 2.55. The first kappa shape index (κ1) is 11.5. The molecule has 19 heavy (non-hydrogen) atoms. The maximum atomic E-state index is 12.0. The molecule has 0 aromatic carbocycles. The summed E-state index contributed by atoms with van der Waals surface area (Å²) in [4.78, 5) is 12.0. The van der Waals surface area contributed by atoms with Crippen LogP contribution in [0.25, 0.3) is 0 Å². The molecule has 0 spiro atoms. The quantitative estimate of drug-likeness (QED) is 0.796. The Morgan fingerprint density at radius 2 is 2.42 bits per heavy atom. The van der Waals surface area contributed by atoms with Crippen molar-refractivity contribution in [3.05, 3.63) is 35.4 Å². The number of hydrogen-bond donors (Lipinski definition) is 1. The smallest absolute Gasteiger partial charge is 0.338 e. The number of nitrogens with one attached hydrogen (secondary N) is 1. The van der Waals surface area contributed by atoms with Crippen molar-refractivity contribution in [1.29, 1.82) is 0 Å². The molecule has 98 valence electrons. The summed E-state index contributed by atoms with van der Waals surface area (Å²) in [6, 6.07) is 2.97. The molecule has 2 aromatic heterocycles. The molecular weight excluding hydrogens is 250 g/mol. The number of hydrogen-bond acceptors (Lipinski definition) is 7. The molecule has 1 N–H and O–H groups in total. The van der Waals surface area contributed by atoms with E-state index in [9.17, 15) is 4.79 Å². The Balaban J connectivity index is 2.18. The number of allylic oxidation sites excluding steroid dienone is 1. The number of rotatable bonds is 2. The van der Waals surface area contributed by atoms with Crippen LogP contribution in [-0.2, 0) is 9.53 Å². The van der Waals surface area contributed by atoms with Gasteiger partial charge in [0.25, 0.3) is 0 Å². The molecule has 0 aliphatic carbocycles. The SMILES string of the molecule is COC(=O)C1=C(C)Nc2nnnn2[C@@H]1c1ccco1. The zero-order valence-electron chi connectivity index (χ0n) is 10.3. The Morgan fingerprint density at radius 3 is 3.11 bits per heavy atom. The van der Waals surface area contributed by atoms with Gasteiger partial charge in [0.05, 0.1) is 18.9 Å². The summed E-state index contributed by atoms with van der Waals surface area (Å²) in [6.45, 7) is 1.76. The summed E-state index contributed by atoms with van der Waals surface area (Å²) in [5, 5.41) is 14.3. The largest absolute Gasteiger partial charge is 0.467 e. The number of ether oxygens (including phenoxy) is 1. The normalized spacial score (nSPS) is 17.9. The highest BCUT2D eigenvalue weighted by Gasteiger charge is 2.36. The molecule has 0 amide bonds. The highest BCUT2D eigenvalue weighted by molar-refractivity contribution is 5.92. The maximum absolute atomic E-state index is 12.0. The van der Waals surface area contributed by atoms with Gasteiger partial charge in [-0.2, -0.15) is 4.68 Å². The molecule has 1 atom stereocenters. The fourth-order valence-corrected chi connectivity index (χ4v) is 2.10. The predicted molar refractivity (Wildman–Crippen MR) is 63.0 cm³/mol. The van der Waals surface area contributed by atoms with Gasteiger partial charge in [-0.15, -0.1) is 0 Å². The maximum Gasteiger partial charge on any atom is 0.338 e. The molecule has 0 saturated carbocycles. The number of aromatic nitrogens is 4. The molecule has 0 fully saturated rings. The monoisotopic (exact) mass is 261 g/mol. The number of esters is 1. The first-order valence-electron chi connectivity index (χ1n) is 5.59. The van der Waals surface area contributed by atoms with Gasteiger partial charge in [0, 0.05) is 5.70 Å². The van der Waals surface area contributed by atoms with E-state index in [4.69, 9.17) is 9.15 Å². The van der Waals surface area contributed by atoms with Crippen LogP contribution in [0.4, 0.5) is 5.95 Å². The molecule has 3 heterocycles. The van der Waals surface area contributed by atoms with Gasteiger partial charge in [0.15, 0.2) is 0 Å². The van der Waals surface area contributed by atoms with Crippen LogP contribution >= 0.6 is 0 Å². The number of furan rings is 1. The van der Waals surface area contributed by atoms with Crippen molar-refractivity contribution in [3.63, 3.8) is 0 Å². The van der Waals surface area contributed by atoms with Crippen LogP contribution in [0, 0.1) is 0 Å². The van der Waals surface area contributed by atoms with E-state index >= 15 is 0 Å². The minimum absolute atomic E-state index is 0.414. The number of tetrazole rings is 1. The van der Waals surface area contributed by atoms with E-state index in [2.05, 4.69) is 20.8 Å². The molecule has 0 unspecified atom stereocenters. The van der Waals surface area contributed by atoms with Crippen LogP contribution in [0.1, 0.15) is 18.7 Å². The van der Waals surface area contributed by atoms with Gasteiger partial charge in [0.2, 0.25) is 5.95 Å². The minimum Gasteiger partial charge on any atom is -0.467 e. The van der Waals surface area contributed by atoms with Crippen molar-refractivity contribution in [2.75, 3.05) is 12.4 Å². The fraction of sp³-hybridized carbons (Fsp3) is 0.273. The lowest BCUT2D eigenvalue weighted by Crippen LogP contribution is -2.29. The summed E-state index contributed by atoms with van der Waals surface area (Å²) in [7, 11) is 1.33. The van der Waals surface area contributed by atoms with E-state index in [-0.39, 0.29) is 0 Å². The Hall–Kier alpha value is -2.64. The molecule has 0 bridgehead atoms. The number of carbonyl (C=O) groups is 1. The second kappa shape index (κ2) is 4.23. The second-order valence-electron chi connectivity index (χ2n) is 4.02. The third kappa shape index (κ3) is 1.68. The van der Waals surface area contributed by atoms with E-state index in [1.165, 1.54) is 18.1 Å². The topological polar surface area (TPSA) is 95.1 Å². The molecule has 0 saturated heterocycles. The number of fused-ring (bicyclic) bond motifs is 1. The fourth-order valence-electron chi connectivity index (χ4n) is 2.10. The van der Waals surface area contributed by atoms with Crippen LogP contribution in [0.5, 0.6) is 0 Å². The predicted octanol–water partition coefficient (Wildman–Crippen LogP) is 0.728. The highest BCUT2D eigenvalue weighted by Crippen LogP contribution is 2.34. The van der Waals surface area contributed by atoms with E-state index in [1.807, 2.05) is 0 Å². The van der Waals surface area contributed by atoms with Crippen molar-refractivity contribution < 1.29 is 13.9 Å². The van der Waals surface area contributed by atoms with Crippen LogP contribution in [0.2, 0.25) is 0 Å². The Bertz CT molecular complexity index is 643. The third-order valence-corrected chi connectivity index (χ3v) is 2.93. The summed E-state index contributed by atoms with van der Waals surface area (Å²) < 4.78 is 11.7. The Morgan fingerprint density at radius 1 is 1.58 bits per heavy atom. The lowest BCUT2D eigenvalue weighted by atomic mass is 10.0. The molecule has 8 heteroatoms. The summed E-state index contributed by atoms with van der Waals surface area (Å²) >= 11 is 0. The molecular formula is C11H11N5O3. The van der Waals surface area contributed by atoms with Crippen LogP contribution < -0.4 is 5.32 Å². The standard InChI is InChI=1S/C11H11N5O3/c1-6-8(10(17)18-2)9(7-4-3-5-19-7)16-11(12-6)13-14-15-16/h3-5,9H,1-2H3,(H,12,13,15)/t9-/m1/s1. The van der Waals surface area contributed by atoms with E-state index in [0.717, 1.165) is 0 Å². The van der Waals surface area contributed by atoms with Gasteiger partial charge < -0.3 is 14.5 Å². The molecule has 1 aliphatic rings. The van der Waals surface area contributed by atoms with Gasteiger partial charge in [-0.3, -0.25) is 0 Å². The molecule has 2 aromatic rings. The van der Waals surface area contributed by atoms with Gasteiger partial charge >= 0.3 is 5.97 Å². The first-order chi connectivity index (χ1) is 9.22. The van der Waals surface area contributed by atoms with E-state index in [1.54, 1.807) is 19.1 Å².